The quantitative estimate of drug-likeness (QED) is 0.331. The van der Waals surface area contributed by atoms with Gasteiger partial charge in [-0.15, -0.1) is 0 Å². The van der Waals surface area contributed by atoms with Gasteiger partial charge in [0.25, 0.3) is 0 Å². The van der Waals surface area contributed by atoms with E-state index in [2.05, 4.69) is 19.1 Å². The van der Waals surface area contributed by atoms with Crippen LogP contribution in [0.1, 0.15) is 62.4 Å². The number of aryl methyl sites for hydroxylation is 1. The minimum Gasteiger partial charge on any atom is -0.463 e. The van der Waals surface area contributed by atoms with Gasteiger partial charge < -0.3 is 28.4 Å². The van der Waals surface area contributed by atoms with Gasteiger partial charge in [0, 0.05) is 38.3 Å². The first-order valence-corrected chi connectivity index (χ1v) is 13.7. The normalized spacial score (nSPS) is 24.8. The highest BCUT2D eigenvalue weighted by Gasteiger charge is 2.64. The highest BCUT2D eigenvalue weighted by molar-refractivity contribution is 6.31. The fraction of sp³-hybridized carbons (Fsp3) is 0.467. The van der Waals surface area contributed by atoms with E-state index in [4.69, 9.17) is 40.0 Å². The van der Waals surface area contributed by atoms with Crippen LogP contribution >= 0.6 is 11.6 Å². The summed E-state index contributed by atoms with van der Waals surface area (Å²) in [6.45, 7) is 6.50. The zero-order chi connectivity index (χ0) is 29.9. The maximum absolute atomic E-state index is 12.4. The molecular weight excluding hydrogens is 556 g/mol. The molecule has 11 heteroatoms. The van der Waals surface area contributed by atoms with Gasteiger partial charge in [-0.05, 0) is 47.2 Å². The van der Waals surface area contributed by atoms with E-state index in [9.17, 15) is 19.2 Å². The first-order valence-electron chi connectivity index (χ1n) is 13.3. The van der Waals surface area contributed by atoms with Crippen molar-refractivity contribution in [1.82, 2.24) is 0 Å². The van der Waals surface area contributed by atoms with Crippen molar-refractivity contribution in [2.75, 3.05) is 6.61 Å². The van der Waals surface area contributed by atoms with Gasteiger partial charge in [0.2, 0.25) is 11.9 Å². The van der Waals surface area contributed by atoms with Gasteiger partial charge in [-0.25, -0.2) is 0 Å². The van der Waals surface area contributed by atoms with E-state index in [1.54, 1.807) is 6.07 Å². The van der Waals surface area contributed by atoms with Gasteiger partial charge in [0.15, 0.2) is 12.2 Å². The average Bonchev–Trinajstić information content (AvgIpc) is 3.24. The minimum absolute atomic E-state index is 0.0314. The van der Waals surface area contributed by atoms with Crippen LogP contribution in [0.15, 0.2) is 36.4 Å². The van der Waals surface area contributed by atoms with Gasteiger partial charge in [0.05, 0.1) is 6.61 Å². The van der Waals surface area contributed by atoms with Crippen molar-refractivity contribution in [3.8, 4) is 0 Å². The molecule has 0 saturated carbocycles. The Morgan fingerprint density at radius 1 is 0.878 bits per heavy atom. The molecule has 0 aliphatic carbocycles. The van der Waals surface area contributed by atoms with E-state index >= 15 is 0 Å². The average molecular weight is 589 g/mol. The van der Waals surface area contributed by atoms with E-state index < -0.39 is 54.1 Å². The molecule has 10 nitrogen and oxygen atoms in total. The van der Waals surface area contributed by atoms with Crippen molar-refractivity contribution in [3.63, 3.8) is 0 Å². The van der Waals surface area contributed by atoms with Gasteiger partial charge in [0.1, 0.15) is 12.7 Å². The Balaban J connectivity index is 1.84. The Hall–Kier alpha value is -3.47. The van der Waals surface area contributed by atoms with Crippen LogP contribution in [0.25, 0.3) is 0 Å². The Morgan fingerprint density at radius 2 is 1.49 bits per heavy atom. The molecule has 2 aliphatic heterocycles. The summed E-state index contributed by atoms with van der Waals surface area (Å²) in [5.41, 5.74) is 4.15. The molecular formula is C30H33ClO10. The standard InChI is InChI=1S/C30H33ClO10/c1-6-20-7-9-21(10-8-20)11-22-12-24-23(13-25(22)31)14-37-30(24)29(40-19(5)35)28(39-18(4)34)27(38-17(3)33)26(41-30)15-36-16(2)32/h7-10,12-13,26-29H,6,11,14-15H2,1-5H3/t26-,27+,28+,29-,30+/m1/s1. The van der Waals surface area contributed by atoms with Gasteiger partial charge in [-0.2, -0.15) is 0 Å². The molecule has 0 aromatic heterocycles. The summed E-state index contributed by atoms with van der Waals surface area (Å²) < 4.78 is 34.7. The second kappa shape index (κ2) is 12.6. The van der Waals surface area contributed by atoms with Crippen molar-refractivity contribution in [1.29, 1.82) is 0 Å². The number of carbonyl (C=O) groups excluding carboxylic acids is 4. The van der Waals surface area contributed by atoms with Crippen molar-refractivity contribution in [2.24, 2.45) is 0 Å². The highest BCUT2D eigenvalue weighted by Crippen LogP contribution is 2.49. The second-order valence-corrected chi connectivity index (χ2v) is 10.4. The Labute approximate surface area is 243 Å². The summed E-state index contributed by atoms with van der Waals surface area (Å²) in [6, 6.07) is 11.7. The molecule has 0 radical (unpaired) electrons. The van der Waals surface area contributed by atoms with Crippen molar-refractivity contribution >= 4 is 35.5 Å². The second-order valence-electron chi connectivity index (χ2n) is 10.0. The van der Waals surface area contributed by atoms with Crippen LogP contribution in [0.2, 0.25) is 5.02 Å². The molecule has 1 spiro atoms. The number of hydrogen-bond acceptors (Lipinski definition) is 10. The Morgan fingerprint density at radius 3 is 2.07 bits per heavy atom. The number of carbonyl (C=O) groups is 4. The topological polar surface area (TPSA) is 124 Å². The smallest absolute Gasteiger partial charge is 0.303 e. The number of benzene rings is 2. The first kappa shape index (κ1) is 30.5. The third kappa shape index (κ3) is 6.72. The van der Waals surface area contributed by atoms with Crippen molar-refractivity contribution in [2.45, 2.75) is 84.3 Å². The Kier molecular flexibility index (Phi) is 9.36. The number of ether oxygens (including phenoxy) is 6. The molecule has 0 bridgehead atoms. The van der Waals surface area contributed by atoms with Gasteiger partial charge >= 0.3 is 23.9 Å². The predicted octanol–water partition coefficient (Wildman–Crippen LogP) is 3.93. The molecule has 2 aromatic rings. The number of fused-ring (bicyclic) bond motifs is 2. The van der Waals surface area contributed by atoms with Crippen molar-refractivity contribution in [3.05, 3.63) is 69.2 Å². The van der Waals surface area contributed by atoms with E-state index in [1.165, 1.54) is 33.3 Å². The molecule has 5 atom stereocenters. The molecule has 4 rings (SSSR count). The number of esters is 4. The lowest BCUT2D eigenvalue weighted by atomic mass is 9.85. The van der Waals surface area contributed by atoms with Crippen LogP contribution in [-0.2, 0) is 72.8 Å². The van der Waals surface area contributed by atoms with Crippen LogP contribution in [-0.4, -0.2) is 54.9 Å². The molecule has 0 amide bonds. The summed E-state index contributed by atoms with van der Waals surface area (Å²) >= 11 is 6.69. The van der Waals surface area contributed by atoms with E-state index in [-0.39, 0.29) is 13.2 Å². The lowest BCUT2D eigenvalue weighted by Crippen LogP contribution is -2.66. The van der Waals surface area contributed by atoms with Crippen LogP contribution in [0.3, 0.4) is 0 Å². The molecule has 0 unspecified atom stereocenters. The molecule has 220 valence electrons. The fourth-order valence-electron chi connectivity index (χ4n) is 5.21. The third-order valence-corrected chi connectivity index (χ3v) is 7.30. The van der Waals surface area contributed by atoms with Gasteiger partial charge in [-0.3, -0.25) is 19.2 Å². The molecule has 1 saturated heterocycles. The van der Waals surface area contributed by atoms with E-state index in [0.29, 0.717) is 22.6 Å². The molecule has 41 heavy (non-hydrogen) atoms. The summed E-state index contributed by atoms with van der Waals surface area (Å²) in [4.78, 5) is 48.4. The molecule has 2 heterocycles. The van der Waals surface area contributed by atoms with E-state index in [0.717, 1.165) is 17.5 Å². The number of hydrogen-bond donors (Lipinski definition) is 0. The van der Waals surface area contributed by atoms with Crippen LogP contribution in [0.5, 0.6) is 0 Å². The van der Waals surface area contributed by atoms with Gasteiger partial charge in [-0.1, -0.05) is 42.8 Å². The maximum atomic E-state index is 12.4. The van der Waals surface area contributed by atoms with Crippen LogP contribution in [0, 0.1) is 0 Å². The zero-order valence-electron chi connectivity index (χ0n) is 23.6. The first-order chi connectivity index (χ1) is 19.4. The molecule has 1 fully saturated rings. The van der Waals surface area contributed by atoms with E-state index in [1.807, 2.05) is 18.2 Å². The monoisotopic (exact) mass is 588 g/mol. The minimum atomic E-state index is -1.80. The van der Waals surface area contributed by atoms with Crippen LogP contribution < -0.4 is 0 Å². The Bertz CT molecular complexity index is 1320. The molecule has 0 N–H and O–H groups in total. The lowest BCUT2D eigenvalue weighted by molar-refractivity contribution is -0.370. The fourth-order valence-corrected chi connectivity index (χ4v) is 5.47. The summed E-state index contributed by atoms with van der Waals surface area (Å²) in [6.07, 6.45) is -3.78. The number of rotatable bonds is 8. The largest absolute Gasteiger partial charge is 0.463 e. The van der Waals surface area contributed by atoms with Crippen molar-refractivity contribution < 1.29 is 47.6 Å². The summed E-state index contributed by atoms with van der Waals surface area (Å²) in [7, 11) is 0. The molecule has 2 aromatic carbocycles. The predicted molar refractivity (Wildman–Crippen MR) is 145 cm³/mol. The zero-order valence-corrected chi connectivity index (χ0v) is 24.3. The SMILES string of the molecule is CCc1ccc(Cc2cc3c(cc2Cl)CO[C@]32O[C@H](COC(C)=O)[C@H](OC(C)=O)[C@H](OC(C)=O)[C@H]2OC(C)=O)cc1. The van der Waals surface area contributed by atoms with Crippen LogP contribution in [0.4, 0.5) is 0 Å². The highest BCUT2D eigenvalue weighted by atomic mass is 35.5. The maximum Gasteiger partial charge on any atom is 0.303 e. The molecule has 2 aliphatic rings. The summed E-state index contributed by atoms with van der Waals surface area (Å²) in [5.74, 6) is -4.55. The lowest BCUT2D eigenvalue weighted by Gasteiger charge is -2.49. The number of halogens is 1. The summed E-state index contributed by atoms with van der Waals surface area (Å²) in [5, 5.41) is 0.509. The third-order valence-electron chi connectivity index (χ3n) is 6.95.